The highest BCUT2D eigenvalue weighted by Crippen LogP contribution is 2.72. The third-order valence-corrected chi connectivity index (χ3v) is 12.1. The molecule has 1 spiro atoms. The number of ether oxygens (including phenoxy) is 1. The van der Waals surface area contributed by atoms with E-state index in [1.54, 1.807) is 0 Å². The Morgan fingerprint density at radius 1 is 0.842 bits per heavy atom. The van der Waals surface area contributed by atoms with E-state index in [1.165, 1.54) is 60.8 Å². The van der Waals surface area contributed by atoms with Crippen molar-refractivity contribution in [1.82, 2.24) is 0 Å². The highest BCUT2D eigenvalue weighted by Gasteiger charge is 2.74. The van der Waals surface area contributed by atoms with Gasteiger partial charge >= 0.3 is 0 Å². The standard InChI is InChI=1S/C36H42O2/c1-24(14-16-29(25-10-6-4-7-11-25)26-12-8-5-9-13-26)30-18-19-31-32-17-15-27-22-28-20-21-35(27,3)36(32,38-28)33(37)23-34(30,31)2/h4-14,16,27-28,30-32H,15,17-23H2,1-3H3. The molecular weight excluding hydrogens is 464 g/mol. The van der Waals surface area contributed by atoms with Crippen molar-refractivity contribution >= 4 is 11.4 Å². The molecule has 0 amide bonds. The summed E-state index contributed by atoms with van der Waals surface area (Å²) in [6, 6.07) is 21.4. The van der Waals surface area contributed by atoms with Crippen LogP contribution in [0.2, 0.25) is 0 Å². The van der Waals surface area contributed by atoms with Gasteiger partial charge in [-0.2, -0.15) is 0 Å². The lowest BCUT2D eigenvalue weighted by Crippen LogP contribution is -2.75. The molecule has 8 rings (SSSR count). The molecule has 2 aliphatic heterocycles. The first-order valence-electron chi connectivity index (χ1n) is 15.1. The summed E-state index contributed by atoms with van der Waals surface area (Å²) in [5, 5.41) is 0. The number of allylic oxidation sites excluding steroid dienone is 3. The Hall–Kier alpha value is -2.45. The summed E-state index contributed by atoms with van der Waals surface area (Å²) in [6.45, 7) is 7.19. The van der Waals surface area contributed by atoms with Crippen LogP contribution in [0.5, 0.6) is 0 Å². The molecule has 8 unspecified atom stereocenters. The molecule has 2 aromatic carbocycles. The predicted molar refractivity (Wildman–Crippen MR) is 153 cm³/mol. The van der Waals surface area contributed by atoms with Crippen LogP contribution < -0.4 is 0 Å². The van der Waals surface area contributed by atoms with Gasteiger partial charge in [0.05, 0.1) is 6.10 Å². The van der Waals surface area contributed by atoms with Crippen molar-refractivity contribution in [3.8, 4) is 0 Å². The summed E-state index contributed by atoms with van der Waals surface area (Å²) < 4.78 is 6.92. The van der Waals surface area contributed by atoms with Gasteiger partial charge in [0.2, 0.25) is 0 Å². The van der Waals surface area contributed by atoms with Crippen LogP contribution in [-0.4, -0.2) is 17.5 Å². The normalized spacial score (nSPS) is 41.4. The fourth-order valence-electron chi connectivity index (χ4n) is 10.3. The Morgan fingerprint density at radius 2 is 1.50 bits per heavy atom. The number of benzene rings is 2. The summed E-state index contributed by atoms with van der Waals surface area (Å²) in [5.74, 6) is 2.55. The summed E-state index contributed by atoms with van der Waals surface area (Å²) in [5.41, 5.74) is 4.74. The molecule has 2 nitrogen and oxygen atoms in total. The molecule has 0 radical (unpaired) electrons. The molecule has 2 saturated heterocycles. The molecule has 2 heteroatoms. The van der Waals surface area contributed by atoms with Crippen molar-refractivity contribution in [3.05, 3.63) is 89.5 Å². The first-order valence-corrected chi connectivity index (χ1v) is 15.1. The largest absolute Gasteiger partial charge is 0.363 e. The Bertz CT molecular complexity index is 1250. The third kappa shape index (κ3) is 3.32. The second kappa shape index (κ2) is 8.78. The summed E-state index contributed by atoms with van der Waals surface area (Å²) in [4.78, 5) is 14.4. The van der Waals surface area contributed by atoms with Gasteiger partial charge in [-0.05, 0) is 97.7 Å². The maximum atomic E-state index is 14.4. The molecule has 0 aromatic heterocycles. The lowest BCUT2D eigenvalue weighted by atomic mass is 9.40. The number of hydrogen-bond donors (Lipinski definition) is 0. The van der Waals surface area contributed by atoms with Crippen molar-refractivity contribution in [2.75, 3.05) is 0 Å². The number of Topliss-reactive ketones (excluding diaryl/α,β-unsaturated/α-hetero) is 1. The molecule has 4 bridgehead atoms. The van der Waals surface area contributed by atoms with Crippen LogP contribution in [0, 0.1) is 34.5 Å². The van der Waals surface area contributed by atoms with Crippen molar-refractivity contribution < 1.29 is 9.53 Å². The number of carbonyl (C=O) groups excluding carboxylic acids is 1. The van der Waals surface area contributed by atoms with Crippen molar-refractivity contribution in [3.63, 3.8) is 0 Å². The van der Waals surface area contributed by atoms with E-state index < -0.39 is 5.60 Å². The smallest absolute Gasteiger partial charge is 0.166 e. The molecule has 8 atom stereocenters. The Labute approximate surface area is 228 Å². The minimum atomic E-state index is -0.499. The molecule has 38 heavy (non-hydrogen) atoms. The summed E-state index contributed by atoms with van der Waals surface area (Å²) in [6.07, 6.45) is 14.1. The number of fused-ring (bicyclic) bond motifs is 3. The first-order chi connectivity index (χ1) is 18.4. The molecule has 2 aromatic rings. The highest BCUT2D eigenvalue weighted by atomic mass is 16.5. The molecule has 2 heterocycles. The second-order valence-corrected chi connectivity index (χ2v) is 13.6. The zero-order valence-corrected chi connectivity index (χ0v) is 23.3. The zero-order chi connectivity index (χ0) is 26.1. The van der Waals surface area contributed by atoms with Crippen LogP contribution in [0.1, 0.15) is 83.3 Å². The summed E-state index contributed by atoms with van der Waals surface area (Å²) >= 11 is 0. The average Bonchev–Trinajstić information content (AvgIpc) is 3.26. The maximum absolute atomic E-state index is 14.4. The quantitative estimate of drug-likeness (QED) is 0.389. The van der Waals surface area contributed by atoms with E-state index in [4.69, 9.17) is 4.74 Å². The van der Waals surface area contributed by atoms with E-state index in [9.17, 15) is 4.79 Å². The molecule has 198 valence electrons. The van der Waals surface area contributed by atoms with Gasteiger partial charge in [-0.1, -0.05) is 92.2 Å². The Balaban J connectivity index is 1.23. The molecule has 4 saturated carbocycles. The van der Waals surface area contributed by atoms with Crippen molar-refractivity contribution in [2.24, 2.45) is 34.5 Å². The SMILES string of the molecule is CC(=CC=C(c1ccccc1)c1ccccc1)C1CCC2C3CCC4CC5CCC4(C)C3(O5)C(=O)CC12C. The molecule has 4 aliphatic carbocycles. The van der Waals surface area contributed by atoms with E-state index >= 15 is 0 Å². The topological polar surface area (TPSA) is 26.3 Å². The van der Waals surface area contributed by atoms with Crippen LogP contribution >= 0.6 is 0 Å². The Morgan fingerprint density at radius 3 is 2.18 bits per heavy atom. The van der Waals surface area contributed by atoms with E-state index in [2.05, 4.69) is 93.6 Å². The lowest BCUT2D eigenvalue weighted by molar-refractivity contribution is -0.307. The summed E-state index contributed by atoms with van der Waals surface area (Å²) in [7, 11) is 0. The van der Waals surface area contributed by atoms with E-state index in [1.807, 2.05) is 0 Å². The molecule has 0 N–H and O–H groups in total. The highest BCUT2D eigenvalue weighted by molar-refractivity contribution is 5.91. The van der Waals surface area contributed by atoms with Crippen LogP contribution in [0.25, 0.3) is 5.57 Å². The van der Waals surface area contributed by atoms with Gasteiger partial charge in [-0.25, -0.2) is 0 Å². The minimum Gasteiger partial charge on any atom is -0.363 e. The first kappa shape index (κ1) is 24.6. The van der Waals surface area contributed by atoms with E-state index in [0.717, 1.165) is 6.42 Å². The maximum Gasteiger partial charge on any atom is 0.166 e. The van der Waals surface area contributed by atoms with E-state index in [0.29, 0.717) is 42.0 Å². The van der Waals surface area contributed by atoms with Gasteiger partial charge in [0.1, 0.15) is 5.60 Å². The average molecular weight is 507 g/mol. The minimum absolute atomic E-state index is 0.0321. The fraction of sp³-hybridized carbons (Fsp3) is 0.528. The van der Waals surface area contributed by atoms with Crippen LogP contribution in [-0.2, 0) is 9.53 Å². The molecular formula is C36H42O2. The lowest BCUT2D eigenvalue weighted by Gasteiger charge is -2.70. The predicted octanol–water partition coefficient (Wildman–Crippen LogP) is 8.42. The number of ketones is 1. The molecule has 6 aliphatic rings. The van der Waals surface area contributed by atoms with Gasteiger partial charge in [0, 0.05) is 11.8 Å². The number of rotatable bonds is 4. The number of carbonyl (C=O) groups is 1. The van der Waals surface area contributed by atoms with Crippen molar-refractivity contribution in [1.29, 1.82) is 0 Å². The van der Waals surface area contributed by atoms with Crippen molar-refractivity contribution in [2.45, 2.75) is 83.8 Å². The fourth-order valence-corrected chi connectivity index (χ4v) is 10.3. The second-order valence-electron chi connectivity index (χ2n) is 13.6. The third-order valence-electron chi connectivity index (χ3n) is 12.1. The van der Waals surface area contributed by atoms with Gasteiger partial charge in [-0.3, -0.25) is 4.79 Å². The Kier molecular flexibility index (Phi) is 5.68. The zero-order valence-electron chi connectivity index (χ0n) is 23.3. The van der Waals surface area contributed by atoms with Crippen LogP contribution in [0.15, 0.2) is 78.4 Å². The van der Waals surface area contributed by atoms with Crippen LogP contribution in [0.4, 0.5) is 0 Å². The van der Waals surface area contributed by atoms with Gasteiger partial charge in [-0.15, -0.1) is 0 Å². The van der Waals surface area contributed by atoms with Gasteiger partial charge in [0.25, 0.3) is 0 Å². The van der Waals surface area contributed by atoms with Gasteiger partial charge < -0.3 is 4.74 Å². The van der Waals surface area contributed by atoms with Crippen LogP contribution in [0.3, 0.4) is 0 Å². The number of hydrogen-bond acceptors (Lipinski definition) is 2. The van der Waals surface area contributed by atoms with E-state index in [-0.39, 0.29) is 10.8 Å². The molecule has 6 fully saturated rings. The van der Waals surface area contributed by atoms with Gasteiger partial charge in [0.15, 0.2) is 5.78 Å². The monoisotopic (exact) mass is 506 g/mol.